The van der Waals surface area contributed by atoms with Crippen LogP contribution in [0.15, 0.2) is 54.9 Å². The van der Waals surface area contributed by atoms with Crippen LogP contribution < -0.4 is 10.4 Å². The minimum atomic E-state index is -0.905. The molecule has 0 bridgehead atoms. The van der Waals surface area contributed by atoms with Crippen LogP contribution in [0, 0.1) is 11.6 Å². The maximum absolute atomic E-state index is 14.5. The van der Waals surface area contributed by atoms with Crippen molar-refractivity contribution in [2.24, 2.45) is 0 Å². The number of ether oxygens (including phenoxy) is 1. The lowest BCUT2D eigenvalue weighted by Gasteiger charge is -2.27. The molecule has 1 aromatic heterocycles. The van der Waals surface area contributed by atoms with Crippen LogP contribution in [0.3, 0.4) is 0 Å². The van der Waals surface area contributed by atoms with Gasteiger partial charge in [-0.2, -0.15) is 5.06 Å². The average molecular weight is 526 g/mol. The van der Waals surface area contributed by atoms with Gasteiger partial charge in [-0.3, -0.25) is 9.68 Å². The smallest absolute Gasteiger partial charge is 0.435 e. The van der Waals surface area contributed by atoms with Gasteiger partial charge in [-0.25, -0.2) is 28.6 Å². The van der Waals surface area contributed by atoms with Gasteiger partial charge in [0.1, 0.15) is 17.7 Å². The van der Waals surface area contributed by atoms with Crippen LogP contribution in [-0.4, -0.2) is 39.9 Å². The monoisotopic (exact) mass is 525 g/mol. The topological polar surface area (TPSA) is 89.0 Å². The third-order valence-electron chi connectivity index (χ3n) is 6.15. The molecule has 2 aromatic carbocycles. The van der Waals surface area contributed by atoms with Crippen LogP contribution >= 0.6 is 0 Å². The minimum absolute atomic E-state index is 0.205. The number of nitrogens with zero attached hydrogens (tertiary/aromatic N) is 4. The van der Waals surface area contributed by atoms with Gasteiger partial charge in [-0.15, -0.1) is 0 Å². The minimum Gasteiger partial charge on any atom is -0.442 e. The number of rotatable bonds is 5. The molecular formula is C27H29F2N5O4. The van der Waals surface area contributed by atoms with E-state index in [9.17, 15) is 13.6 Å². The van der Waals surface area contributed by atoms with Gasteiger partial charge in [-0.05, 0) is 44.5 Å². The molecule has 3 heterocycles. The van der Waals surface area contributed by atoms with Crippen molar-refractivity contribution in [3.63, 3.8) is 0 Å². The summed E-state index contributed by atoms with van der Waals surface area (Å²) < 4.78 is 33.8. The number of hydrogen-bond donors (Lipinski definition) is 1. The van der Waals surface area contributed by atoms with Crippen LogP contribution in [0.1, 0.15) is 56.8 Å². The maximum Gasteiger partial charge on any atom is 0.435 e. The first-order valence-electron chi connectivity index (χ1n) is 12.4. The summed E-state index contributed by atoms with van der Waals surface area (Å²) in [5, 5.41) is 6.01. The summed E-state index contributed by atoms with van der Waals surface area (Å²) in [4.78, 5) is 32.5. The van der Waals surface area contributed by atoms with Crippen molar-refractivity contribution in [3.8, 4) is 0 Å². The molecule has 2 saturated heterocycles. The van der Waals surface area contributed by atoms with E-state index in [1.807, 2.05) is 24.3 Å². The van der Waals surface area contributed by atoms with Gasteiger partial charge in [0.05, 0.1) is 25.3 Å². The van der Waals surface area contributed by atoms with Crippen molar-refractivity contribution in [2.45, 2.75) is 51.3 Å². The molecule has 0 saturated carbocycles. The average Bonchev–Trinajstić information content (AvgIpc) is 3.55. The zero-order valence-electron chi connectivity index (χ0n) is 21.4. The highest BCUT2D eigenvalue weighted by Crippen LogP contribution is 2.37. The number of carbonyl (C=O) groups is 1. The molecular weight excluding hydrogens is 496 g/mol. The summed E-state index contributed by atoms with van der Waals surface area (Å²) in [5.41, 5.74) is 1.17. The second-order valence-corrected chi connectivity index (χ2v) is 10.1. The van der Waals surface area contributed by atoms with E-state index in [2.05, 4.69) is 15.3 Å². The molecule has 5 rings (SSSR count). The van der Waals surface area contributed by atoms with E-state index in [1.54, 1.807) is 32.9 Å². The molecule has 0 spiro atoms. The molecule has 0 aliphatic carbocycles. The number of carbonyl (C=O) groups excluding carboxylic acids is 1. The number of nitrogens with one attached hydrogen (secondary N) is 1. The fourth-order valence-electron chi connectivity index (χ4n) is 4.52. The van der Waals surface area contributed by atoms with Gasteiger partial charge in [0.2, 0.25) is 0 Å². The molecule has 0 unspecified atom stereocenters. The number of hydroxylamine groups is 3. The highest BCUT2D eigenvalue weighted by Gasteiger charge is 2.35. The first-order valence-corrected chi connectivity index (χ1v) is 12.4. The zero-order chi connectivity index (χ0) is 26.9. The quantitative estimate of drug-likeness (QED) is 0.434. The number of hydrogen-bond acceptors (Lipinski definition) is 8. The van der Waals surface area contributed by atoms with Gasteiger partial charge in [0.25, 0.3) is 0 Å². The Morgan fingerprint density at radius 2 is 1.79 bits per heavy atom. The van der Waals surface area contributed by atoms with E-state index in [1.165, 1.54) is 22.5 Å². The molecule has 200 valence electrons. The van der Waals surface area contributed by atoms with Crippen LogP contribution in [-0.2, 0) is 14.4 Å². The SMILES string of the molecule is CC(C)(C)OC(=O)N1OCC[C@H]1c1cccc(Nc2cc(N3OCC[C@@H]3c3cccc(F)c3F)ncn2)c1. The van der Waals surface area contributed by atoms with Gasteiger partial charge >= 0.3 is 6.09 Å². The number of halogens is 2. The van der Waals surface area contributed by atoms with Crippen molar-refractivity contribution in [2.75, 3.05) is 23.6 Å². The lowest BCUT2D eigenvalue weighted by molar-refractivity contribution is -0.125. The summed E-state index contributed by atoms with van der Waals surface area (Å²) in [6.45, 7) is 6.16. The molecule has 11 heteroatoms. The standard InChI is InChI=1S/C27H29F2N5O4/c1-27(2,3)38-26(35)34-21(10-12-37-34)17-6-4-7-18(14-17)32-23-15-24(31-16-30-23)33-22(11-13-36-33)19-8-5-9-20(28)25(19)29/h4-9,14-16,21-22H,10-13H2,1-3H3,(H,30,31,32)/t21-,22+/m0/s1. The lowest BCUT2D eigenvalue weighted by Crippen LogP contribution is -2.35. The van der Waals surface area contributed by atoms with Crippen LogP contribution in [0.2, 0.25) is 0 Å². The van der Waals surface area contributed by atoms with E-state index in [4.69, 9.17) is 14.4 Å². The van der Waals surface area contributed by atoms with Crippen LogP contribution in [0.25, 0.3) is 0 Å². The molecule has 2 aliphatic heterocycles. The molecule has 2 atom stereocenters. The lowest BCUT2D eigenvalue weighted by atomic mass is 10.0. The normalized spacial score (nSPS) is 19.6. The van der Waals surface area contributed by atoms with Gasteiger partial charge in [0, 0.05) is 30.2 Å². The molecule has 3 aromatic rings. The largest absolute Gasteiger partial charge is 0.442 e. The van der Waals surface area contributed by atoms with E-state index >= 15 is 0 Å². The summed E-state index contributed by atoms with van der Waals surface area (Å²) in [6.07, 6.45) is 1.95. The molecule has 0 radical (unpaired) electrons. The molecule has 1 N–H and O–H groups in total. The first kappa shape index (κ1) is 25.8. The molecule has 1 amide bonds. The number of anilines is 3. The fraction of sp³-hybridized carbons (Fsp3) is 0.370. The second-order valence-electron chi connectivity index (χ2n) is 10.1. The fourth-order valence-corrected chi connectivity index (χ4v) is 4.52. The number of amides is 1. The predicted molar refractivity (Wildman–Crippen MR) is 135 cm³/mol. The number of aromatic nitrogens is 2. The Kier molecular flexibility index (Phi) is 7.13. The Bertz CT molecular complexity index is 1320. The van der Waals surface area contributed by atoms with E-state index in [-0.39, 0.29) is 11.6 Å². The Balaban J connectivity index is 1.33. The van der Waals surface area contributed by atoms with Crippen molar-refractivity contribution in [3.05, 3.63) is 77.6 Å². The first-order chi connectivity index (χ1) is 18.2. The van der Waals surface area contributed by atoms with E-state index in [0.29, 0.717) is 37.7 Å². The Morgan fingerprint density at radius 3 is 2.61 bits per heavy atom. The van der Waals surface area contributed by atoms with Crippen LogP contribution in [0.4, 0.5) is 30.9 Å². The highest BCUT2D eigenvalue weighted by molar-refractivity contribution is 5.68. The van der Waals surface area contributed by atoms with Gasteiger partial charge in [-0.1, -0.05) is 24.3 Å². The molecule has 2 fully saturated rings. The van der Waals surface area contributed by atoms with E-state index in [0.717, 1.165) is 17.3 Å². The van der Waals surface area contributed by atoms with Crippen molar-refractivity contribution in [1.82, 2.24) is 15.0 Å². The highest BCUT2D eigenvalue weighted by atomic mass is 19.2. The Hall–Kier alpha value is -3.83. The third kappa shape index (κ3) is 5.53. The molecule has 2 aliphatic rings. The summed E-state index contributed by atoms with van der Waals surface area (Å²) in [5.74, 6) is -0.913. The van der Waals surface area contributed by atoms with E-state index < -0.39 is 29.4 Å². The zero-order valence-corrected chi connectivity index (χ0v) is 21.4. The Labute approximate surface area is 219 Å². The summed E-state index contributed by atoms with van der Waals surface area (Å²) >= 11 is 0. The van der Waals surface area contributed by atoms with Crippen molar-refractivity contribution in [1.29, 1.82) is 0 Å². The van der Waals surface area contributed by atoms with Gasteiger partial charge < -0.3 is 10.1 Å². The maximum atomic E-state index is 14.5. The summed E-state index contributed by atoms with van der Waals surface area (Å²) in [7, 11) is 0. The predicted octanol–water partition coefficient (Wildman–Crippen LogP) is 5.99. The number of benzene rings is 2. The third-order valence-corrected chi connectivity index (χ3v) is 6.15. The second kappa shape index (κ2) is 10.5. The van der Waals surface area contributed by atoms with Crippen molar-refractivity contribution >= 4 is 23.4 Å². The van der Waals surface area contributed by atoms with Gasteiger partial charge in [0.15, 0.2) is 17.5 Å². The Morgan fingerprint density at radius 1 is 1.03 bits per heavy atom. The molecule has 9 nitrogen and oxygen atoms in total. The van der Waals surface area contributed by atoms with Crippen LogP contribution in [0.5, 0.6) is 0 Å². The molecule has 38 heavy (non-hydrogen) atoms. The van der Waals surface area contributed by atoms with Crippen molar-refractivity contribution < 1.29 is 28.0 Å². The summed E-state index contributed by atoms with van der Waals surface area (Å²) in [6, 6.07) is 12.5.